The van der Waals surface area contributed by atoms with Gasteiger partial charge in [-0.25, -0.2) is 0 Å². The van der Waals surface area contributed by atoms with Crippen molar-refractivity contribution in [2.24, 2.45) is 0 Å². The Bertz CT molecular complexity index is 334. The van der Waals surface area contributed by atoms with Gasteiger partial charge in [0.1, 0.15) is 0 Å². The Morgan fingerprint density at radius 2 is 1.50 bits per heavy atom. The molecular weight excluding hydrogens is 300 g/mol. The summed E-state index contributed by atoms with van der Waals surface area (Å²) >= 11 is 0. The number of aliphatic hydroxyl groups is 1. The molecule has 140 valence electrons. The average Bonchev–Trinajstić information content (AvgIpc) is 2.58. The molecule has 1 unspecified atom stereocenters. The highest BCUT2D eigenvalue weighted by molar-refractivity contribution is 5.69. The fourth-order valence-electron chi connectivity index (χ4n) is 2.57. The van der Waals surface area contributed by atoms with Crippen LogP contribution in [0.5, 0.6) is 0 Å². The zero-order chi connectivity index (χ0) is 17.9. The first-order valence-electron chi connectivity index (χ1n) is 9.75. The number of carbonyl (C=O) groups excluding carboxylic acids is 1. The molecule has 0 rings (SSSR count). The van der Waals surface area contributed by atoms with Gasteiger partial charge in [-0.2, -0.15) is 0 Å². The van der Waals surface area contributed by atoms with E-state index in [1.165, 1.54) is 52.1 Å². The Balaban J connectivity index is 3.30. The molecule has 1 atom stereocenters. The molecule has 0 spiro atoms. The van der Waals surface area contributed by atoms with Crippen molar-refractivity contribution in [3.63, 3.8) is 0 Å². The molecule has 0 saturated heterocycles. The minimum absolute atomic E-state index is 0.119. The van der Waals surface area contributed by atoms with Gasteiger partial charge in [0.15, 0.2) is 0 Å². The molecule has 3 heteroatoms. The van der Waals surface area contributed by atoms with Gasteiger partial charge in [-0.05, 0) is 38.5 Å². The summed E-state index contributed by atoms with van der Waals surface area (Å²) in [6, 6.07) is 0. The summed E-state index contributed by atoms with van der Waals surface area (Å²) in [6.45, 7) is 2.24. The van der Waals surface area contributed by atoms with Crippen LogP contribution in [0.4, 0.5) is 0 Å². The van der Waals surface area contributed by atoms with Gasteiger partial charge in [-0.1, -0.05) is 69.8 Å². The van der Waals surface area contributed by atoms with Crippen LogP contribution in [0.3, 0.4) is 0 Å². The number of hydrogen-bond donors (Lipinski definition) is 1. The van der Waals surface area contributed by atoms with E-state index in [4.69, 9.17) is 0 Å². The minimum Gasteiger partial charge on any atom is -0.469 e. The number of unbranched alkanes of at least 4 members (excludes halogenated alkanes) is 8. The Morgan fingerprint density at radius 1 is 0.917 bits per heavy atom. The van der Waals surface area contributed by atoms with Crippen LogP contribution < -0.4 is 0 Å². The normalized spacial score (nSPS) is 13.0. The fraction of sp³-hybridized carbons (Fsp3) is 0.762. The molecule has 0 fully saturated rings. The number of esters is 1. The van der Waals surface area contributed by atoms with Gasteiger partial charge in [0, 0.05) is 0 Å². The first-order valence-corrected chi connectivity index (χ1v) is 9.75. The molecule has 0 saturated carbocycles. The predicted molar refractivity (Wildman–Crippen MR) is 102 cm³/mol. The molecule has 0 aliphatic carbocycles. The summed E-state index contributed by atoms with van der Waals surface area (Å²) in [7, 11) is 1.35. The van der Waals surface area contributed by atoms with Crippen molar-refractivity contribution >= 4 is 5.97 Å². The molecule has 0 amide bonds. The van der Waals surface area contributed by atoms with Crippen molar-refractivity contribution in [1.82, 2.24) is 0 Å². The van der Waals surface area contributed by atoms with Gasteiger partial charge in [0.05, 0.1) is 19.6 Å². The van der Waals surface area contributed by atoms with Crippen LogP contribution in [-0.4, -0.2) is 24.3 Å². The van der Waals surface area contributed by atoms with Crippen molar-refractivity contribution in [1.29, 1.82) is 0 Å². The number of carbonyl (C=O) groups is 1. The molecule has 1 N–H and O–H groups in total. The molecule has 0 bridgehead atoms. The molecule has 0 radical (unpaired) electrons. The third-order valence-corrected chi connectivity index (χ3v) is 4.12. The smallest absolute Gasteiger partial charge is 0.308 e. The first-order chi connectivity index (χ1) is 11.7. The monoisotopic (exact) mass is 338 g/mol. The molecule has 0 aromatic rings. The van der Waals surface area contributed by atoms with Gasteiger partial charge in [0.2, 0.25) is 0 Å². The molecule has 0 aromatic carbocycles. The van der Waals surface area contributed by atoms with Crippen LogP contribution in [0.15, 0.2) is 24.3 Å². The lowest BCUT2D eigenvalue weighted by Crippen LogP contribution is -2.14. The summed E-state index contributed by atoms with van der Waals surface area (Å²) in [5, 5.41) is 9.64. The standard InChI is InChI=1S/C21H38O3/c1-3-4-5-6-7-8-9-10-11-12-13-14-15-16-17-18-20(22)19-21(23)24-2/h7-8,10-11,20,22H,3-6,9,12-19H2,1-2H3/b8-7+,11-10+. The lowest BCUT2D eigenvalue weighted by molar-refractivity contribution is -0.142. The third-order valence-electron chi connectivity index (χ3n) is 4.12. The maximum atomic E-state index is 11.0. The summed E-state index contributed by atoms with van der Waals surface area (Å²) in [5.74, 6) is -0.329. The molecule has 0 aliphatic heterocycles. The van der Waals surface area contributed by atoms with Crippen LogP contribution >= 0.6 is 0 Å². The second-order valence-electron chi connectivity index (χ2n) is 6.45. The predicted octanol–water partition coefficient (Wildman–Crippen LogP) is 5.72. The Kier molecular flexibility index (Phi) is 17.4. The number of methoxy groups -OCH3 is 1. The quantitative estimate of drug-likeness (QED) is 0.222. The van der Waals surface area contributed by atoms with E-state index in [-0.39, 0.29) is 12.4 Å². The van der Waals surface area contributed by atoms with E-state index in [9.17, 15) is 9.90 Å². The van der Waals surface area contributed by atoms with E-state index in [1.807, 2.05) is 0 Å². The highest BCUT2D eigenvalue weighted by atomic mass is 16.5. The maximum absolute atomic E-state index is 11.0. The highest BCUT2D eigenvalue weighted by Crippen LogP contribution is 2.11. The van der Waals surface area contributed by atoms with E-state index in [2.05, 4.69) is 36.0 Å². The minimum atomic E-state index is -0.546. The summed E-state index contributed by atoms with van der Waals surface area (Å²) < 4.78 is 4.54. The van der Waals surface area contributed by atoms with Crippen LogP contribution in [0.1, 0.15) is 90.4 Å². The molecule has 24 heavy (non-hydrogen) atoms. The van der Waals surface area contributed by atoms with Gasteiger partial charge in [0.25, 0.3) is 0 Å². The molecular formula is C21H38O3. The van der Waals surface area contributed by atoms with Crippen LogP contribution in [-0.2, 0) is 9.53 Å². The van der Waals surface area contributed by atoms with Crippen molar-refractivity contribution in [3.05, 3.63) is 24.3 Å². The van der Waals surface area contributed by atoms with Gasteiger partial charge >= 0.3 is 5.97 Å². The highest BCUT2D eigenvalue weighted by Gasteiger charge is 2.09. The summed E-state index contributed by atoms with van der Waals surface area (Å²) in [5.41, 5.74) is 0. The molecule has 3 nitrogen and oxygen atoms in total. The SMILES string of the molecule is CCCCC/C=C/C/C=C/CCCCCCCC(O)CC(=O)OC. The van der Waals surface area contributed by atoms with Crippen LogP contribution in [0.2, 0.25) is 0 Å². The lowest BCUT2D eigenvalue weighted by atomic mass is 10.1. The zero-order valence-electron chi connectivity index (χ0n) is 15.8. The van der Waals surface area contributed by atoms with E-state index < -0.39 is 6.10 Å². The van der Waals surface area contributed by atoms with Crippen molar-refractivity contribution in [3.8, 4) is 0 Å². The Labute approximate surface area is 149 Å². The molecule has 0 heterocycles. The van der Waals surface area contributed by atoms with E-state index in [0.717, 1.165) is 25.7 Å². The summed E-state index contributed by atoms with van der Waals surface area (Å²) in [6.07, 6.45) is 22.6. The van der Waals surface area contributed by atoms with Gasteiger partial charge in [-0.3, -0.25) is 4.79 Å². The first kappa shape index (κ1) is 22.9. The van der Waals surface area contributed by atoms with E-state index in [0.29, 0.717) is 6.42 Å². The van der Waals surface area contributed by atoms with E-state index >= 15 is 0 Å². The summed E-state index contributed by atoms with van der Waals surface area (Å²) in [4.78, 5) is 11.0. The number of rotatable bonds is 16. The number of allylic oxidation sites excluding steroid dienone is 4. The Morgan fingerprint density at radius 3 is 2.12 bits per heavy atom. The number of hydrogen-bond acceptors (Lipinski definition) is 3. The molecule has 0 aromatic heterocycles. The second kappa shape index (κ2) is 18.3. The maximum Gasteiger partial charge on any atom is 0.308 e. The number of ether oxygens (including phenoxy) is 1. The lowest BCUT2D eigenvalue weighted by Gasteiger charge is -2.08. The Hall–Kier alpha value is -1.09. The van der Waals surface area contributed by atoms with Crippen molar-refractivity contribution in [2.45, 2.75) is 96.5 Å². The van der Waals surface area contributed by atoms with E-state index in [1.54, 1.807) is 0 Å². The van der Waals surface area contributed by atoms with Gasteiger partial charge in [-0.15, -0.1) is 0 Å². The molecule has 0 aliphatic rings. The van der Waals surface area contributed by atoms with Crippen molar-refractivity contribution in [2.75, 3.05) is 7.11 Å². The van der Waals surface area contributed by atoms with Crippen LogP contribution in [0.25, 0.3) is 0 Å². The zero-order valence-corrected chi connectivity index (χ0v) is 15.8. The third kappa shape index (κ3) is 17.3. The fourth-order valence-corrected chi connectivity index (χ4v) is 2.57. The topological polar surface area (TPSA) is 46.5 Å². The largest absolute Gasteiger partial charge is 0.469 e. The van der Waals surface area contributed by atoms with Gasteiger partial charge < -0.3 is 9.84 Å². The van der Waals surface area contributed by atoms with Crippen LogP contribution in [0, 0.1) is 0 Å². The average molecular weight is 339 g/mol. The second-order valence-corrected chi connectivity index (χ2v) is 6.45. The number of aliphatic hydroxyl groups excluding tert-OH is 1. The van der Waals surface area contributed by atoms with Crippen molar-refractivity contribution < 1.29 is 14.6 Å².